The molecule has 0 atom stereocenters. The summed E-state index contributed by atoms with van der Waals surface area (Å²) < 4.78 is 0. The Balaban J connectivity index is 4.10. The average molecular weight is 183 g/mol. The molecule has 0 aliphatic rings. The highest BCUT2D eigenvalue weighted by Crippen LogP contribution is 2.25. The molecule has 0 aliphatic carbocycles. The Morgan fingerprint density at radius 1 is 1.54 bits per heavy atom. The van der Waals surface area contributed by atoms with Crippen molar-refractivity contribution < 1.29 is 4.79 Å². The van der Waals surface area contributed by atoms with Gasteiger partial charge in [-0.25, -0.2) is 0 Å². The highest BCUT2D eigenvalue weighted by molar-refractivity contribution is 5.76. The molecule has 0 heterocycles. The second-order valence-electron chi connectivity index (χ2n) is 4.24. The van der Waals surface area contributed by atoms with E-state index in [0.29, 0.717) is 6.42 Å². The summed E-state index contributed by atoms with van der Waals surface area (Å²) >= 11 is 0. The molecule has 2 nitrogen and oxygen atoms in total. The van der Waals surface area contributed by atoms with E-state index in [2.05, 4.69) is 20.4 Å². The molecule has 13 heavy (non-hydrogen) atoms. The van der Waals surface area contributed by atoms with Gasteiger partial charge in [-0.3, -0.25) is 4.79 Å². The van der Waals surface area contributed by atoms with Crippen molar-refractivity contribution in [1.82, 2.24) is 4.90 Å². The van der Waals surface area contributed by atoms with Gasteiger partial charge in [0.15, 0.2) is 0 Å². The molecule has 0 bridgehead atoms. The molecule has 0 aromatic rings. The van der Waals surface area contributed by atoms with Gasteiger partial charge in [0.1, 0.15) is 0 Å². The number of amides is 1. The smallest absolute Gasteiger partial charge is 0.222 e. The van der Waals surface area contributed by atoms with E-state index in [4.69, 9.17) is 0 Å². The van der Waals surface area contributed by atoms with Crippen LogP contribution in [0.4, 0.5) is 0 Å². The molecule has 0 fully saturated rings. The normalized spacial score (nSPS) is 11.1. The van der Waals surface area contributed by atoms with E-state index in [0.717, 1.165) is 13.0 Å². The van der Waals surface area contributed by atoms with Gasteiger partial charge in [0, 0.05) is 20.0 Å². The third-order valence-corrected chi connectivity index (χ3v) is 2.23. The van der Waals surface area contributed by atoms with Gasteiger partial charge in [0.05, 0.1) is 0 Å². The largest absolute Gasteiger partial charge is 0.346 e. The molecular formula is C11H21NO. The molecule has 0 aromatic carbocycles. The van der Waals surface area contributed by atoms with Crippen LogP contribution in [0, 0.1) is 5.41 Å². The van der Waals surface area contributed by atoms with Gasteiger partial charge in [-0.2, -0.15) is 0 Å². The summed E-state index contributed by atoms with van der Waals surface area (Å²) in [6.07, 6.45) is 3.36. The van der Waals surface area contributed by atoms with Gasteiger partial charge in [0.25, 0.3) is 0 Å². The molecule has 0 radical (unpaired) electrons. The Hall–Kier alpha value is -0.790. The highest BCUT2D eigenvalue weighted by atomic mass is 16.2. The number of carbonyl (C=O) groups excluding carboxylic acids is 1. The third-order valence-electron chi connectivity index (χ3n) is 2.23. The summed E-state index contributed by atoms with van der Waals surface area (Å²) in [7, 11) is 1.84. The molecule has 0 rings (SSSR count). The molecule has 1 amide bonds. The summed E-state index contributed by atoms with van der Waals surface area (Å²) in [6, 6.07) is 0. The zero-order chi connectivity index (χ0) is 10.5. The van der Waals surface area contributed by atoms with E-state index in [1.165, 1.54) is 0 Å². The predicted octanol–water partition coefficient (Wildman–Crippen LogP) is 2.46. The van der Waals surface area contributed by atoms with Crippen LogP contribution in [-0.4, -0.2) is 24.4 Å². The minimum atomic E-state index is 0.0439. The van der Waals surface area contributed by atoms with Gasteiger partial charge < -0.3 is 4.90 Å². The van der Waals surface area contributed by atoms with Gasteiger partial charge >= 0.3 is 0 Å². The summed E-state index contributed by atoms with van der Waals surface area (Å²) in [5.41, 5.74) is 0.0439. The van der Waals surface area contributed by atoms with Crippen LogP contribution < -0.4 is 0 Å². The van der Waals surface area contributed by atoms with Crippen molar-refractivity contribution in [2.45, 2.75) is 33.6 Å². The van der Waals surface area contributed by atoms with E-state index in [1.54, 1.807) is 4.90 Å². The fraction of sp³-hybridized carbons (Fsp3) is 0.727. The van der Waals surface area contributed by atoms with Crippen LogP contribution in [0.2, 0.25) is 0 Å². The minimum Gasteiger partial charge on any atom is -0.346 e. The Morgan fingerprint density at radius 3 is 2.46 bits per heavy atom. The van der Waals surface area contributed by atoms with E-state index in [9.17, 15) is 4.79 Å². The van der Waals surface area contributed by atoms with E-state index < -0.39 is 0 Å². The molecule has 0 aromatic heterocycles. The molecule has 0 saturated heterocycles. The first-order valence-corrected chi connectivity index (χ1v) is 4.78. The molecule has 0 saturated carbocycles. The highest BCUT2D eigenvalue weighted by Gasteiger charge is 2.21. The van der Waals surface area contributed by atoms with Gasteiger partial charge in [-0.15, -0.1) is 6.58 Å². The van der Waals surface area contributed by atoms with Crippen molar-refractivity contribution in [3.8, 4) is 0 Å². The Labute approximate surface area is 81.6 Å². The lowest BCUT2D eigenvalue weighted by Gasteiger charge is -2.25. The lowest BCUT2D eigenvalue weighted by molar-refractivity contribution is -0.131. The standard InChI is InChI=1S/C11H21NO/c1-6-8-11(3,4)9-10(13)12(5)7-2/h6H,1,7-9H2,2-5H3. The predicted molar refractivity (Wildman–Crippen MR) is 56.5 cm³/mol. The third kappa shape index (κ3) is 4.71. The van der Waals surface area contributed by atoms with Crippen LogP contribution in [-0.2, 0) is 4.79 Å². The quantitative estimate of drug-likeness (QED) is 0.599. The molecule has 0 spiro atoms. The van der Waals surface area contributed by atoms with Crippen LogP contribution >= 0.6 is 0 Å². The van der Waals surface area contributed by atoms with Crippen LogP contribution in [0.5, 0.6) is 0 Å². The van der Waals surface area contributed by atoms with Gasteiger partial charge in [0.2, 0.25) is 5.91 Å². The summed E-state index contributed by atoms with van der Waals surface area (Å²) in [5.74, 6) is 0.217. The first kappa shape index (κ1) is 12.2. The number of hydrogen-bond acceptors (Lipinski definition) is 1. The molecular weight excluding hydrogens is 162 g/mol. The summed E-state index contributed by atoms with van der Waals surface area (Å²) in [6.45, 7) is 10.6. The number of nitrogens with zero attached hydrogens (tertiary/aromatic N) is 1. The van der Waals surface area contributed by atoms with Crippen LogP contribution in [0.25, 0.3) is 0 Å². The average Bonchev–Trinajstić information content (AvgIpc) is 2.01. The van der Waals surface area contributed by atoms with Crippen molar-refractivity contribution in [3.05, 3.63) is 12.7 Å². The Kier molecular flexibility index (Phi) is 4.74. The Morgan fingerprint density at radius 2 is 2.08 bits per heavy atom. The maximum atomic E-state index is 11.6. The number of hydrogen-bond donors (Lipinski definition) is 0. The van der Waals surface area contributed by atoms with E-state index in [1.807, 2.05) is 20.0 Å². The van der Waals surface area contributed by atoms with E-state index in [-0.39, 0.29) is 11.3 Å². The van der Waals surface area contributed by atoms with Gasteiger partial charge in [-0.05, 0) is 18.8 Å². The first-order valence-electron chi connectivity index (χ1n) is 4.78. The zero-order valence-electron chi connectivity index (χ0n) is 9.26. The summed E-state index contributed by atoms with van der Waals surface area (Å²) in [4.78, 5) is 13.3. The second kappa shape index (κ2) is 5.05. The zero-order valence-corrected chi connectivity index (χ0v) is 9.26. The van der Waals surface area contributed by atoms with Crippen molar-refractivity contribution >= 4 is 5.91 Å². The number of rotatable bonds is 5. The molecule has 2 heteroatoms. The monoisotopic (exact) mass is 183 g/mol. The van der Waals surface area contributed by atoms with Crippen molar-refractivity contribution in [2.24, 2.45) is 5.41 Å². The minimum absolute atomic E-state index is 0.0439. The van der Waals surface area contributed by atoms with Crippen LogP contribution in [0.1, 0.15) is 33.6 Å². The SMILES string of the molecule is C=CCC(C)(C)CC(=O)N(C)CC. The molecule has 76 valence electrons. The molecule has 0 aliphatic heterocycles. The number of carbonyl (C=O) groups is 1. The lowest BCUT2D eigenvalue weighted by Crippen LogP contribution is -2.30. The molecule has 0 N–H and O–H groups in total. The first-order chi connectivity index (χ1) is 5.93. The van der Waals surface area contributed by atoms with E-state index >= 15 is 0 Å². The lowest BCUT2D eigenvalue weighted by atomic mass is 9.85. The second-order valence-corrected chi connectivity index (χ2v) is 4.24. The van der Waals surface area contributed by atoms with Gasteiger partial charge in [-0.1, -0.05) is 19.9 Å². The van der Waals surface area contributed by atoms with Crippen molar-refractivity contribution in [2.75, 3.05) is 13.6 Å². The fourth-order valence-electron chi connectivity index (χ4n) is 1.18. The van der Waals surface area contributed by atoms with Crippen LogP contribution in [0.15, 0.2) is 12.7 Å². The van der Waals surface area contributed by atoms with Crippen LogP contribution in [0.3, 0.4) is 0 Å². The fourth-order valence-corrected chi connectivity index (χ4v) is 1.18. The topological polar surface area (TPSA) is 20.3 Å². The maximum Gasteiger partial charge on any atom is 0.222 e. The Bertz CT molecular complexity index is 185. The van der Waals surface area contributed by atoms with Crippen molar-refractivity contribution in [1.29, 1.82) is 0 Å². The molecule has 0 unspecified atom stereocenters. The summed E-state index contributed by atoms with van der Waals surface area (Å²) in [5, 5.41) is 0. The maximum absolute atomic E-state index is 11.6. The van der Waals surface area contributed by atoms with Crippen molar-refractivity contribution in [3.63, 3.8) is 0 Å². The number of allylic oxidation sites excluding steroid dienone is 1.